The van der Waals surface area contributed by atoms with Crippen molar-refractivity contribution in [2.75, 3.05) is 0 Å². The minimum atomic E-state index is 0.521. The Morgan fingerprint density at radius 2 is 1.24 bits per heavy atom. The van der Waals surface area contributed by atoms with E-state index < -0.39 is 0 Å². The second kappa shape index (κ2) is 14.4. The highest BCUT2D eigenvalue weighted by Crippen LogP contribution is 2.17. The summed E-state index contributed by atoms with van der Waals surface area (Å²) < 4.78 is 4.82. The number of imidazole rings is 1. The van der Waals surface area contributed by atoms with Crippen LogP contribution < -0.4 is 4.57 Å². The lowest BCUT2D eigenvalue weighted by Crippen LogP contribution is -2.37. The molecule has 0 saturated heterocycles. The summed E-state index contributed by atoms with van der Waals surface area (Å²) in [5.41, 5.74) is 1.26. The van der Waals surface area contributed by atoms with Gasteiger partial charge < -0.3 is 0 Å². The highest BCUT2D eigenvalue weighted by atomic mass is 15.2. The van der Waals surface area contributed by atoms with E-state index in [1.165, 1.54) is 95.0 Å². The van der Waals surface area contributed by atoms with Crippen molar-refractivity contribution >= 4 is 0 Å². The number of aromatic nitrogens is 2. The molecule has 29 heavy (non-hydrogen) atoms. The molecular weight excluding hydrogens is 352 g/mol. The molecule has 0 aliphatic heterocycles. The highest BCUT2D eigenvalue weighted by Gasteiger charge is 2.21. The van der Waals surface area contributed by atoms with Gasteiger partial charge in [-0.2, -0.15) is 4.57 Å². The van der Waals surface area contributed by atoms with E-state index in [0.29, 0.717) is 5.92 Å². The van der Waals surface area contributed by atoms with Crippen LogP contribution >= 0.6 is 0 Å². The van der Waals surface area contributed by atoms with Crippen LogP contribution in [0.5, 0.6) is 0 Å². The van der Waals surface area contributed by atoms with E-state index in [-0.39, 0.29) is 0 Å². The first kappa shape index (κ1) is 23.7. The van der Waals surface area contributed by atoms with Crippen molar-refractivity contribution in [3.63, 3.8) is 0 Å². The number of hydrogen-bond acceptors (Lipinski definition) is 0. The van der Waals surface area contributed by atoms with E-state index in [4.69, 9.17) is 0 Å². The van der Waals surface area contributed by atoms with E-state index in [9.17, 15) is 0 Å². The van der Waals surface area contributed by atoms with Gasteiger partial charge in [-0.15, -0.1) is 0 Å². The third-order valence-corrected chi connectivity index (χ3v) is 5.99. The number of aryl methyl sites for hydroxylation is 1. The lowest BCUT2D eigenvalue weighted by Gasteiger charge is -2.08. The number of benzene rings is 1. The average Bonchev–Trinajstić information content (AvgIpc) is 3.16. The zero-order chi connectivity index (χ0) is 20.7. The summed E-state index contributed by atoms with van der Waals surface area (Å²) in [4.78, 5) is 0. The SMILES string of the molecule is CCCCCCCCCCCCCCC[n+]1ccn(-c2ccccc2)c1C(C)C. The zero-order valence-corrected chi connectivity index (χ0v) is 19.4. The van der Waals surface area contributed by atoms with Crippen LogP contribution in [0.4, 0.5) is 0 Å². The molecule has 0 saturated carbocycles. The zero-order valence-electron chi connectivity index (χ0n) is 19.4. The van der Waals surface area contributed by atoms with Crippen LogP contribution in [0.15, 0.2) is 42.7 Å². The number of para-hydroxylation sites is 1. The summed E-state index contributed by atoms with van der Waals surface area (Å²) >= 11 is 0. The first-order valence-corrected chi connectivity index (χ1v) is 12.4. The third kappa shape index (κ3) is 8.76. The quantitative estimate of drug-likeness (QED) is 0.200. The third-order valence-electron chi connectivity index (χ3n) is 5.99. The predicted octanol–water partition coefficient (Wildman–Crippen LogP) is 7.98. The molecular formula is C27H45N2+. The molecule has 2 heteroatoms. The van der Waals surface area contributed by atoms with Crippen molar-refractivity contribution in [3.8, 4) is 5.69 Å². The first-order chi connectivity index (χ1) is 14.2. The molecule has 0 N–H and O–H groups in total. The van der Waals surface area contributed by atoms with Crippen molar-refractivity contribution < 1.29 is 4.57 Å². The number of hydrogen-bond donors (Lipinski definition) is 0. The maximum absolute atomic E-state index is 2.47. The van der Waals surface area contributed by atoms with E-state index in [1.807, 2.05) is 0 Å². The summed E-state index contributed by atoms with van der Waals surface area (Å²) in [7, 11) is 0. The van der Waals surface area contributed by atoms with Gasteiger partial charge in [0.2, 0.25) is 0 Å². The van der Waals surface area contributed by atoms with Gasteiger partial charge in [-0.25, -0.2) is 4.57 Å². The van der Waals surface area contributed by atoms with Crippen LogP contribution in [0, 0.1) is 0 Å². The topological polar surface area (TPSA) is 8.81 Å². The van der Waals surface area contributed by atoms with E-state index >= 15 is 0 Å². The van der Waals surface area contributed by atoms with E-state index in [0.717, 1.165) is 6.54 Å². The van der Waals surface area contributed by atoms with Crippen molar-refractivity contribution in [1.29, 1.82) is 0 Å². The van der Waals surface area contributed by atoms with Gasteiger partial charge in [0.25, 0.3) is 5.82 Å². The molecule has 0 fully saturated rings. The normalized spacial score (nSPS) is 11.4. The lowest BCUT2D eigenvalue weighted by molar-refractivity contribution is -0.705. The van der Waals surface area contributed by atoms with Gasteiger partial charge in [0.15, 0.2) is 0 Å². The molecule has 0 aliphatic carbocycles. The Morgan fingerprint density at radius 1 is 0.724 bits per heavy atom. The Labute approximate surface area is 180 Å². The molecule has 0 aliphatic rings. The fourth-order valence-electron chi connectivity index (χ4n) is 4.34. The Hall–Kier alpha value is -1.57. The summed E-state index contributed by atoms with van der Waals surface area (Å²) in [6, 6.07) is 10.7. The van der Waals surface area contributed by atoms with Gasteiger partial charge in [0, 0.05) is 0 Å². The lowest BCUT2D eigenvalue weighted by atomic mass is 10.0. The highest BCUT2D eigenvalue weighted by molar-refractivity contribution is 5.32. The first-order valence-electron chi connectivity index (χ1n) is 12.4. The van der Waals surface area contributed by atoms with Crippen LogP contribution in [-0.4, -0.2) is 4.57 Å². The Morgan fingerprint density at radius 3 is 1.76 bits per heavy atom. The van der Waals surface area contributed by atoms with Crippen molar-refractivity contribution in [2.45, 2.75) is 117 Å². The predicted molar refractivity (Wildman–Crippen MR) is 126 cm³/mol. The number of unbranched alkanes of at least 4 members (excludes halogenated alkanes) is 12. The molecule has 1 aromatic carbocycles. The van der Waals surface area contributed by atoms with E-state index in [2.05, 4.69) is 72.6 Å². The minimum Gasteiger partial charge on any atom is -0.234 e. The summed E-state index contributed by atoms with van der Waals surface area (Å²) in [5.74, 6) is 1.93. The molecule has 0 amide bonds. The maximum Gasteiger partial charge on any atom is 0.264 e. The van der Waals surface area contributed by atoms with Crippen molar-refractivity contribution in [2.24, 2.45) is 0 Å². The van der Waals surface area contributed by atoms with Crippen LogP contribution in [0.2, 0.25) is 0 Å². The van der Waals surface area contributed by atoms with Crippen LogP contribution in [0.25, 0.3) is 5.69 Å². The molecule has 0 spiro atoms. The Bertz CT molecular complexity index is 642. The molecule has 0 radical (unpaired) electrons. The fraction of sp³-hybridized carbons (Fsp3) is 0.667. The fourth-order valence-corrected chi connectivity index (χ4v) is 4.34. The van der Waals surface area contributed by atoms with Gasteiger partial charge in [0.05, 0.1) is 12.5 Å². The minimum absolute atomic E-state index is 0.521. The molecule has 2 nitrogen and oxygen atoms in total. The van der Waals surface area contributed by atoms with Crippen LogP contribution in [0.1, 0.15) is 116 Å². The standard InChI is InChI=1S/C27H45N2/c1-4-5-6-7-8-9-10-11-12-13-14-15-19-22-28-23-24-29(27(28)25(2)3)26-20-17-16-18-21-26/h16-18,20-21,23-25H,4-15,19,22H2,1-3H3/q+1. The summed E-state index contributed by atoms with van der Waals surface area (Å²) in [6.07, 6.45) is 22.9. The smallest absolute Gasteiger partial charge is 0.234 e. The Kier molecular flexibility index (Phi) is 11.8. The van der Waals surface area contributed by atoms with Gasteiger partial charge >= 0.3 is 0 Å². The van der Waals surface area contributed by atoms with Crippen molar-refractivity contribution in [1.82, 2.24) is 4.57 Å². The van der Waals surface area contributed by atoms with Crippen LogP contribution in [0.3, 0.4) is 0 Å². The maximum atomic E-state index is 2.47. The second-order valence-corrected chi connectivity index (χ2v) is 8.95. The molecule has 1 heterocycles. The number of rotatable bonds is 16. The van der Waals surface area contributed by atoms with Crippen LogP contribution in [-0.2, 0) is 6.54 Å². The molecule has 0 bridgehead atoms. The molecule has 162 valence electrons. The molecule has 2 aromatic rings. The van der Waals surface area contributed by atoms with Crippen molar-refractivity contribution in [3.05, 3.63) is 48.5 Å². The van der Waals surface area contributed by atoms with Gasteiger partial charge in [-0.3, -0.25) is 0 Å². The summed E-state index contributed by atoms with van der Waals surface area (Å²) in [6.45, 7) is 8.04. The van der Waals surface area contributed by atoms with Gasteiger partial charge in [-0.1, -0.05) is 110 Å². The monoisotopic (exact) mass is 397 g/mol. The molecule has 0 unspecified atom stereocenters. The molecule has 2 rings (SSSR count). The van der Waals surface area contributed by atoms with Gasteiger partial charge in [0.1, 0.15) is 18.1 Å². The van der Waals surface area contributed by atoms with E-state index in [1.54, 1.807) is 0 Å². The average molecular weight is 398 g/mol. The summed E-state index contributed by atoms with van der Waals surface area (Å²) in [5, 5.41) is 0. The second-order valence-electron chi connectivity index (χ2n) is 8.95. The van der Waals surface area contributed by atoms with Gasteiger partial charge in [-0.05, 0) is 25.0 Å². The molecule has 0 atom stereocenters. The number of nitrogens with zero attached hydrogens (tertiary/aromatic N) is 2. The Balaban J connectivity index is 1.59. The molecule has 1 aromatic heterocycles. The largest absolute Gasteiger partial charge is 0.264 e.